The minimum Gasteiger partial charge on any atom is -0.493 e. The fourth-order valence-corrected chi connectivity index (χ4v) is 4.36. The highest BCUT2D eigenvalue weighted by Gasteiger charge is 2.19. The molecule has 164 valence electrons. The van der Waals surface area contributed by atoms with Crippen molar-refractivity contribution in [1.29, 1.82) is 0 Å². The van der Waals surface area contributed by atoms with Crippen molar-refractivity contribution in [3.8, 4) is 11.5 Å². The molecule has 30 heavy (non-hydrogen) atoms. The summed E-state index contributed by atoms with van der Waals surface area (Å²) in [4.78, 5) is 4.88. The van der Waals surface area contributed by atoms with E-state index in [1.165, 1.54) is 24.1 Å². The van der Waals surface area contributed by atoms with Crippen molar-refractivity contribution in [3.63, 3.8) is 0 Å². The summed E-state index contributed by atoms with van der Waals surface area (Å²) in [7, 11) is 3.88. The Kier molecular flexibility index (Phi) is 8.44. The Balaban J connectivity index is 1.59. The number of nitrogens with zero attached hydrogens (tertiary/aromatic N) is 2. The van der Waals surface area contributed by atoms with Crippen LogP contribution in [0.4, 0.5) is 5.69 Å². The zero-order valence-electron chi connectivity index (χ0n) is 19.1. The highest BCUT2D eigenvalue weighted by Crippen LogP contribution is 2.34. The van der Waals surface area contributed by atoms with Gasteiger partial charge in [-0.3, -0.25) is 4.90 Å². The predicted octanol–water partition coefficient (Wildman–Crippen LogP) is 5.41. The van der Waals surface area contributed by atoms with Crippen LogP contribution in [0.25, 0.3) is 0 Å². The van der Waals surface area contributed by atoms with Gasteiger partial charge in [0.1, 0.15) is 0 Å². The molecule has 0 spiro atoms. The first kappa shape index (κ1) is 22.5. The van der Waals surface area contributed by atoms with Crippen LogP contribution in [0.1, 0.15) is 45.1 Å². The third kappa shape index (κ3) is 6.15. The average Bonchev–Trinajstić information content (AvgIpc) is 3.27. The molecule has 0 amide bonds. The monoisotopic (exact) mass is 410 g/mol. The summed E-state index contributed by atoms with van der Waals surface area (Å²) in [5.41, 5.74) is 2.58. The molecule has 0 aliphatic heterocycles. The normalized spacial score (nSPS) is 15.4. The summed E-state index contributed by atoms with van der Waals surface area (Å²) < 4.78 is 11.8. The Morgan fingerprint density at radius 3 is 2.40 bits per heavy atom. The standard InChI is InChI=1S/C26H38N2O2/c1-5-28(21(2)19-22-11-7-6-8-12-22)18-17-27(3)23-15-16-25(29-4)26(20-23)30-24-13-9-10-14-24/h6-8,11-12,15-16,20-21,24H,5,9-10,13-14,17-19H2,1-4H3/t21-/m1/s1. The third-order valence-corrected chi connectivity index (χ3v) is 6.31. The van der Waals surface area contributed by atoms with E-state index < -0.39 is 0 Å². The molecule has 0 aromatic heterocycles. The first-order valence-electron chi connectivity index (χ1n) is 11.4. The summed E-state index contributed by atoms with van der Waals surface area (Å²) in [5, 5.41) is 0. The van der Waals surface area contributed by atoms with Gasteiger partial charge in [0.05, 0.1) is 13.2 Å². The SMILES string of the molecule is CCN(CCN(C)c1ccc(OC)c(OC2CCCC2)c1)[C@H](C)Cc1ccccc1. The second-order valence-electron chi connectivity index (χ2n) is 8.45. The molecular formula is C26H38N2O2. The first-order chi connectivity index (χ1) is 14.6. The van der Waals surface area contributed by atoms with Crippen LogP contribution in [-0.2, 0) is 6.42 Å². The van der Waals surface area contributed by atoms with Gasteiger partial charge in [0.15, 0.2) is 11.5 Å². The Labute approximate surface area is 182 Å². The minimum atomic E-state index is 0.328. The molecule has 0 radical (unpaired) electrons. The van der Waals surface area contributed by atoms with E-state index in [4.69, 9.17) is 9.47 Å². The molecule has 0 saturated heterocycles. The number of ether oxygens (including phenoxy) is 2. The second-order valence-corrected chi connectivity index (χ2v) is 8.45. The zero-order valence-corrected chi connectivity index (χ0v) is 19.1. The molecule has 1 atom stereocenters. The van der Waals surface area contributed by atoms with E-state index in [1.54, 1.807) is 7.11 Å². The molecule has 2 aromatic carbocycles. The largest absolute Gasteiger partial charge is 0.493 e. The summed E-state index contributed by atoms with van der Waals surface area (Å²) in [6.45, 7) is 7.65. The molecule has 1 fully saturated rings. The predicted molar refractivity (Wildman–Crippen MR) is 126 cm³/mol. The van der Waals surface area contributed by atoms with Crippen molar-refractivity contribution < 1.29 is 9.47 Å². The lowest BCUT2D eigenvalue weighted by atomic mass is 10.1. The van der Waals surface area contributed by atoms with Crippen molar-refractivity contribution >= 4 is 5.69 Å². The highest BCUT2D eigenvalue weighted by atomic mass is 16.5. The molecule has 1 saturated carbocycles. The van der Waals surface area contributed by atoms with Gasteiger partial charge in [-0.2, -0.15) is 0 Å². The molecule has 1 aliphatic carbocycles. The van der Waals surface area contributed by atoms with E-state index in [2.05, 4.69) is 73.2 Å². The van der Waals surface area contributed by atoms with Gasteiger partial charge in [-0.15, -0.1) is 0 Å². The summed E-state index contributed by atoms with van der Waals surface area (Å²) in [6, 6.07) is 17.6. The van der Waals surface area contributed by atoms with Crippen molar-refractivity contribution in [2.24, 2.45) is 0 Å². The zero-order chi connectivity index (χ0) is 21.3. The molecule has 0 heterocycles. The van der Waals surface area contributed by atoms with Crippen LogP contribution in [-0.4, -0.2) is 50.8 Å². The maximum absolute atomic E-state index is 6.28. The molecule has 4 nitrogen and oxygen atoms in total. The van der Waals surface area contributed by atoms with Crippen LogP contribution in [0.15, 0.2) is 48.5 Å². The van der Waals surface area contributed by atoms with Crippen molar-refractivity contribution in [1.82, 2.24) is 4.90 Å². The Bertz CT molecular complexity index is 759. The van der Waals surface area contributed by atoms with Crippen LogP contribution in [0, 0.1) is 0 Å². The Morgan fingerprint density at radius 1 is 1.00 bits per heavy atom. The van der Waals surface area contributed by atoms with Gasteiger partial charge in [0.25, 0.3) is 0 Å². The van der Waals surface area contributed by atoms with Crippen molar-refractivity contribution in [2.45, 2.75) is 58.1 Å². The van der Waals surface area contributed by atoms with Gasteiger partial charge in [-0.25, -0.2) is 0 Å². The number of rotatable bonds is 11. The van der Waals surface area contributed by atoms with Gasteiger partial charge in [-0.1, -0.05) is 37.3 Å². The Morgan fingerprint density at radius 2 is 1.73 bits per heavy atom. The van der Waals surface area contributed by atoms with E-state index in [0.29, 0.717) is 12.1 Å². The van der Waals surface area contributed by atoms with E-state index in [9.17, 15) is 0 Å². The summed E-state index contributed by atoms with van der Waals surface area (Å²) in [6.07, 6.45) is 6.23. The lowest BCUT2D eigenvalue weighted by Crippen LogP contribution is -2.39. The fourth-order valence-electron chi connectivity index (χ4n) is 4.36. The molecule has 0 N–H and O–H groups in total. The smallest absolute Gasteiger partial charge is 0.163 e. The van der Waals surface area contributed by atoms with Crippen LogP contribution < -0.4 is 14.4 Å². The molecule has 0 unspecified atom stereocenters. The number of hydrogen-bond acceptors (Lipinski definition) is 4. The third-order valence-electron chi connectivity index (χ3n) is 6.31. The average molecular weight is 411 g/mol. The quantitative estimate of drug-likeness (QED) is 0.495. The van der Waals surface area contributed by atoms with Gasteiger partial charge < -0.3 is 14.4 Å². The molecule has 4 heteroatoms. The lowest BCUT2D eigenvalue weighted by molar-refractivity contribution is 0.201. The van der Waals surface area contributed by atoms with E-state index >= 15 is 0 Å². The number of hydrogen-bond donors (Lipinski definition) is 0. The molecule has 0 bridgehead atoms. The van der Waals surface area contributed by atoms with E-state index in [0.717, 1.165) is 50.4 Å². The topological polar surface area (TPSA) is 24.9 Å². The summed E-state index contributed by atoms with van der Waals surface area (Å²) >= 11 is 0. The maximum Gasteiger partial charge on any atom is 0.163 e. The number of likely N-dealkylation sites (N-methyl/N-ethyl adjacent to an activating group) is 2. The fraction of sp³-hybridized carbons (Fsp3) is 0.538. The first-order valence-corrected chi connectivity index (χ1v) is 11.4. The number of benzene rings is 2. The van der Waals surface area contributed by atoms with Gasteiger partial charge in [0, 0.05) is 37.9 Å². The van der Waals surface area contributed by atoms with E-state index in [1.807, 2.05) is 6.07 Å². The lowest BCUT2D eigenvalue weighted by Gasteiger charge is -2.31. The van der Waals surface area contributed by atoms with Crippen LogP contribution in [0.2, 0.25) is 0 Å². The van der Waals surface area contributed by atoms with Gasteiger partial charge in [-0.05, 0) is 63.3 Å². The number of methoxy groups -OCH3 is 1. The summed E-state index contributed by atoms with van der Waals surface area (Å²) in [5.74, 6) is 1.70. The minimum absolute atomic E-state index is 0.328. The van der Waals surface area contributed by atoms with Crippen molar-refractivity contribution in [2.75, 3.05) is 38.7 Å². The highest BCUT2D eigenvalue weighted by molar-refractivity contribution is 5.56. The molecule has 1 aliphatic rings. The molecule has 2 aromatic rings. The number of anilines is 1. The molecule has 3 rings (SSSR count). The second kappa shape index (κ2) is 11.3. The van der Waals surface area contributed by atoms with Crippen LogP contribution in [0.5, 0.6) is 11.5 Å². The maximum atomic E-state index is 6.28. The van der Waals surface area contributed by atoms with Crippen LogP contribution >= 0.6 is 0 Å². The van der Waals surface area contributed by atoms with E-state index in [-0.39, 0.29) is 0 Å². The van der Waals surface area contributed by atoms with Crippen molar-refractivity contribution in [3.05, 3.63) is 54.1 Å². The van der Waals surface area contributed by atoms with Crippen LogP contribution in [0.3, 0.4) is 0 Å². The molecular weight excluding hydrogens is 372 g/mol. The van der Waals surface area contributed by atoms with Gasteiger partial charge in [0.2, 0.25) is 0 Å². The Hall–Kier alpha value is -2.20. The van der Waals surface area contributed by atoms with Gasteiger partial charge >= 0.3 is 0 Å².